The third kappa shape index (κ3) is 4.57. The molecule has 0 aliphatic rings. The van der Waals surface area contributed by atoms with Gasteiger partial charge in [0.2, 0.25) is 5.91 Å². The number of nitrogens with zero attached hydrogens (tertiary/aromatic N) is 2. The number of hydrogen-bond donors (Lipinski definition) is 1. The Bertz CT molecular complexity index is 617. The van der Waals surface area contributed by atoms with Gasteiger partial charge in [0, 0.05) is 18.1 Å². The first-order valence-electron chi connectivity index (χ1n) is 6.07. The molecule has 6 nitrogen and oxygen atoms in total. The molecule has 0 saturated heterocycles. The van der Waals surface area contributed by atoms with Gasteiger partial charge in [-0.05, 0) is 30.3 Å². The van der Waals surface area contributed by atoms with Gasteiger partial charge in [-0.2, -0.15) is 0 Å². The van der Waals surface area contributed by atoms with Crippen molar-refractivity contribution in [3.05, 3.63) is 48.3 Å². The van der Waals surface area contributed by atoms with Gasteiger partial charge in [0.1, 0.15) is 0 Å². The fraction of sp³-hybridized carbons (Fsp3) is 0.143. The van der Waals surface area contributed by atoms with Crippen molar-refractivity contribution >= 4 is 29.3 Å². The molecule has 0 fully saturated rings. The van der Waals surface area contributed by atoms with Crippen molar-refractivity contribution in [2.75, 3.05) is 18.2 Å². The molecule has 0 aliphatic heterocycles. The highest BCUT2D eigenvalue weighted by Crippen LogP contribution is 2.13. The van der Waals surface area contributed by atoms with Crippen molar-refractivity contribution in [3.63, 3.8) is 0 Å². The Balaban J connectivity index is 1.86. The van der Waals surface area contributed by atoms with E-state index >= 15 is 0 Å². The number of thioether (sulfide) groups is 1. The third-order valence-electron chi connectivity index (χ3n) is 2.46. The fourth-order valence-electron chi connectivity index (χ4n) is 1.49. The Kier molecular flexibility index (Phi) is 5.28. The van der Waals surface area contributed by atoms with Crippen LogP contribution >= 0.6 is 11.8 Å². The maximum Gasteiger partial charge on any atom is 0.337 e. The lowest BCUT2D eigenvalue weighted by atomic mass is 10.2. The molecule has 2 rings (SSSR count). The van der Waals surface area contributed by atoms with E-state index in [9.17, 15) is 9.59 Å². The second-order valence-electron chi connectivity index (χ2n) is 3.94. The van der Waals surface area contributed by atoms with Crippen LogP contribution in [0.2, 0.25) is 0 Å². The van der Waals surface area contributed by atoms with Crippen LogP contribution in [0.5, 0.6) is 0 Å². The Labute approximate surface area is 125 Å². The predicted octanol–water partition coefficient (Wildman–Crippen LogP) is 1.99. The van der Waals surface area contributed by atoms with Crippen molar-refractivity contribution in [2.24, 2.45) is 0 Å². The number of esters is 1. The number of amides is 1. The molecular weight excluding hydrogens is 290 g/mol. The molecule has 2 aromatic rings. The van der Waals surface area contributed by atoms with E-state index in [1.54, 1.807) is 42.7 Å². The fourth-order valence-corrected chi connectivity index (χ4v) is 2.10. The molecule has 0 aliphatic carbocycles. The first-order valence-corrected chi connectivity index (χ1v) is 7.05. The van der Waals surface area contributed by atoms with Crippen molar-refractivity contribution < 1.29 is 14.3 Å². The highest BCUT2D eigenvalue weighted by atomic mass is 32.2. The summed E-state index contributed by atoms with van der Waals surface area (Å²) in [5.41, 5.74) is 1.05. The second-order valence-corrected chi connectivity index (χ2v) is 4.88. The zero-order valence-corrected chi connectivity index (χ0v) is 12.1. The predicted molar refractivity (Wildman–Crippen MR) is 79.2 cm³/mol. The van der Waals surface area contributed by atoms with E-state index in [4.69, 9.17) is 0 Å². The number of hydrogen-bond acceptors (Lipinski definition) is 6. The highest BCUT2D eigenvalue weighted by molar-refractivity contribution is 7.99. The summed E-state index contributed by atoms with van der Waals surface area (Å²) in [6.45, 7) is 0. The van der Waals surface area contributed by atoms with Crippen LogP contribution in [0.25, 0.3) is 0 Å². The number of anilines is 1. The molecule has 0 unspecified atom stereocenters. The number of methoxy groups -OCH3 is 1. The highest BCUT2D eigenvalue weighted by Gasteiger charge is 2.07. The van der Waals surface area contributed by atoms with Crippen molar-refractivity contribution in [1.29, 1.82) is 0 Å². The number of carbonyl (C=O) groups is 2. The van der Waals surface area contributed by atoms with Gasteiger partial charge < -0.3 is 10.1 Å². The van der Waals surface area contributed by atoms with Gasteiger partial charge in [-0.15, -0.1) is 0 Å². The molecular formula is C14H13N3O3S. The molecule has 108 valence electrons. The van der Waals surface area contributed by atoms with Gasteiger partial charge in [-0.1, -0.05) is 11.8 Å². The van der Waals surface area contributed by atoms with Gasteiger partial charge in [0.15, 0.2) is 5.16 Å². The number of carbonyl (C=O) groups excluding carboxylic acids is 2. The van der Waals surface area contributed by atoms with E-state index in [0.717, 1.165) is 0 Å². The van der Waals surface area contributed by atoms with Crippen LogP contribution in [-0.4, -0.2) is 34.7 Å². The van der Waals surface area contributed by atoms with Crippen LogP contribution < -0.4 is 5.32 Å². The van der Waals surface area contributed by atoms with Crippen LogP contribution in [0.4, 0.5) is 5.69 Å². The topological polar surface area (TPSA) is 81.2 Å². The Hall–Kier alpha value is -2.41. The summed E-state index contributed by atoms with van der Waals surface area (Å²) in [6.07, 6.45) is 3.25. The molecule has 0 bridgehead atoms. The quantitative estimate of drug-likeness (QED) is 0.517. The lowest BCUT2D eigenvalue weighted by molar-refractivity contribution is -0.113. The molecule has 1 heterocycles. The normalized spacial score (nSPS) is 9.95. The monoisotopic (exact) mass is 303 g/mol. The van der Waals surface area contributed by atoms with Crippen LogP contribution in [0.15, 0.2) is 47.9 Å². The minimum absolute atomic E-state index is 0.168. The summed E-state index contributed by atoms with van der Waals surface area (Å²) in [5.74, 6) is -0.370. The minimum Gasteiger partial charge on any atom is -0.465 e. The summed E-state index contributed by atoms with van der Waals surface area (Å²) in [5, 5.41) is 3.28. The second kappa shape index (κ2) is 7.39. The van der Waals surface area contributed by atoms with E-state index in [0.29, 0.717) is 16.4 Å². The third-order valence-corrected chi connectivity index (χ3v) is 3.34. The van der Waals surface area contributed by atoms with Gasteiger partial charge >= 0.3 is 5.97 Å². The van der Waals surface area contributed by atoms with Crippen LogP contribution in [0, 0.1) is 0 Å². The Morgan fingerprint density at radius 3 is 2.48 bits per heavy atom. The standard InChI is InChI=1S/C14H13N3O3S/c1-20-13(19)10-3-5-11(6-4-10)17-12(18)9-21-14-15-7-2-8-16-14/h2-8H,9H2,1H3,(H,17,18). The largest absolute Gasteiger partial charge is 0.465 e. The molecule has 1 aromatic heterocycles. The molecule has 7 heteroatoms. The smallest absolute Gasteiger partial charge is 0.337 e. The van der Waals surface area contributed by atoms with Crippen LogP contribution in [-0.2, 0) is 9.53 Å². The van der Waals surface area contributed by atoms with Gasteiger partial charge in [-0.3, -0.25) is 4.79 Å². The molecule has 0 spiro atoms. The van der Waals surface area contributed by atoms with Crippen molar-refractivity contribution in [1.82, 2.24) is 9.97 Å². The summed E-state index contributed by atoms with van der Waals surface area (Å²) in [4.78, 5) is 31.1. The first kappa shape index (κ1) is 15.0. The van der Waals surface area contributed by atoms with E-state index in [1.165, 1.54) is 18.9 Å². The SMILES string of the molecule is COC(=O)c1ccc(NC(=O)CSc2ncccn2)cc1. The van der Waals surface area contributed by atoms with Crippen LogP contribution in [0.3, 0.4) is 0 Å². The summed E-state index contributed by atoms with van der Waals surface area (Å²) >= 11 is 1.25. The molecule has 21 heavy (non-hydrogen) atoms. The lowest BCUT2D eigenvalue weighted by Crippen LogP contribution is -2.14. The molecule has 0 atom stereocenters. The number of aromatic nitrogens is 2. The van der Waals surface area contributed by atoms with E-state index in [1.807, 2.05) is 0 Å². The number of rotatable bonds is 5. The summed E-state index contributed by atoms with van der Waals surface area (Å²) in [6, 6.07) is 8.19. The average molecular weight is 303 g/mol. The van der Waals surface area contributed by atoms with Gasteiger partial charge in [0.05, 0.1) is 18.4 Å². The zero-order valence-electron chi connectivity index (χ0n) is 11.3. The number of ether oxygens (including phenoxy) is 1. The zero-order chi connectivity index (χ0) is 15.1. The first-order chi connectivity index (χ1) is 10.2. The maximum atomic E-state index is 11.8. The number of nitrogens with one attached hydrogen (secondary N) is 1. The van der Waals surface area contributed by atoms with Gasteiger partial charge in [0.25, 0.3) is 0 Å². The minimum atomic E-state index is -0.412. The average Bonchev–Trinajstić information content (AvgIpc) is 2.54. The van der Waals surface area contributed by atoms with E-state index < -0.39 is 5.97 Å². The van der Waals surface area contributed by atoms with E-state index in [2.05, 4.69) is 20.0 Å². The molecule has 1 N–H and O–H groups in total. The Morgan fingerprint density at radius 2 is 1.86 bits per heavy atom. The molecule has 0 saturated carbocycles. The van der Waals surface area contributed by atoms with Crippen molar-refractivity contribution in [3.8, 4) is 0 Å². The maximum absolute atomic E-state index is 11.8. The lowest BCUT2D eigenvalue weighted by Gasteiger charge is -2.05. The summed E-state index contributed by atoms with van der Waals surface area (Å²) in [7, 11) is 1.32. The molecule has 1 amide bonds. The van der Waals surface area contributed by atoms with Crippen molar-refractivity contribution in [2.45, 2.75) is 5.16 Å². The number of benzene rings is 1. The summed E-state index contributed by atoms with van der Waals surface area (Å²) < 4.78 is 4.60. The van der Waals surface area contributed by atoms with Crippen LogP contribution in [0.1, 0.15) is 10.4 Å². The van der Waals surface area contributed by atoms with Gasteiger partial charge in [-0.25, -0.2) is 14.8 Å². The van der Waals surface area contributed by atoms with E-state index in [-0.39, 0.29) is 11.7 Å². The Morgan fingerprint density at radius 1 is 1.19 bits per heavy atom. The molecule has 1 aromatic carbocycles. The molecule has 0 radical (unpaired) electrons.